The van der Waals surface area contributed by atoms with E-state index in [1.165, 1.54) is 17.4 Å². The zero-order valence-electron chi connectivity index (χ0n) is 12.5. The lowest BCUT2D eigenvalue weighted by Crippen LogP contribution is -2.62. The lowest BCUT2D eigenvalue weighted by molar-refractivity contribution is -0.383. The highest BCUT2D eigenvalue weighted by Gasteiger charge is 2.43. The summed E-state index contributed by atoms with van der Waals surface area (Å²) in [5.74, 6) is -0.0740. The summed E-state index contributed by atoms with van der Waals surface area (Å²) in [6, 6.07) is 1.39. The normalized spacial score (nSPS) is 19.8. The van der Waals surface area contributed by atoms with E-state index < -0.39 is 16.6 Å². The quantitative estimate of drug-likeness (QED) is 0.679. The standard InChI is InChI=1S/C13H19N3O4S/c1-8(17)10-7-9(16(19)20)11(21-10)15-6-5-14(4)12(18)13(15,2)3/h7-8,17H,5-6H2,1-4H3/t8-/m1/s1. The number of carbonyl (C=O) groups is 1. The Morgan fingerprint density at radius 3 is 2.62 bits per heavy atom. The van der Waals surface area contributed by atoms with E-state index in [0.717, 1.165) is 0 Å². The number of thiophene rings is 1. The molecule has 1 aromatic heterocycles. The number of rotatable bonds is 3. The SMILES string of the molecule is C[C@@H](O)c1cc([N+](=O)[O-])c(N2CCN(C)C(=O)C2(C)C)s1. The first-order valence-electron chi connectivity index (χ1n) is 6.65. The molecule has 1 saturated heterocycles. The maximum Gasteiger partial charge on any atom is 0.304 e. The Morgan fingerprint density at radius 1 is 1.48 bits per heavy atom. The fourth-order valence-corrected chi connectivity index (χ4v) is 3.72. The molecular formula is C13H19N3O4S. The van der Waals surface area contributed by atoms with Gasteiger partial charge in [-0.1, -0.05) is 0 Å². The van der Waals surface area contributed by atoms with Crippen LogP contribution in [-0.2, 0) is 4.79 Å². The van der Waals surface area contributed by atoms with Crippen molar-refractivity contribution in [3.05, 3.63) is 21.1 Å². The third-order valence-electron chi connectivity index (χ3n) is 3.77. The summed E-state index contributed by atoms with van der Waals surface area (Å²) < 4.78 is 0. The van der Waals surface area contributed by atoms with Crippen LogP contribution < -0.4 is 4.90 Å². The van der Waals surface area contributed by atoms with E-state index in [9.17, 15) is 20.0 Å². The number of carbonyl (C=O) groups excluding carboxylic acids is 1. The van der Waals surface area contributed by atoms with Crippen LogP contribution in [-0.4, -0.2) is 46.5 Å². The van der Waals surface area contributed by atoms with Gasteiger partial charge in [-0.3, -0.25) is 14.9 Å². The van der Waals surface area contributed by atoms with Crippen LogP contribution in [0.15, 0.2) is 6.07 Å². The first-order valence-corrected chi connectivity index (χ1v) is 7.47. The van der Waals surface area contributed by atoms with Gasteiger partial charge >= 0.3 is 5.69 Å². The molecule has 1 aromatic rings. The van der Waals surface area contributed by atoms with Gasteiger partial charge in [-0.05, 0) is 20.8 Å². The molecule has 0 aliphatic carbocycles. The summed E-state index contributed by atoms with van der Waals surface area (Å²) in [5.41, 5.74) is -0.903. The van der Waals surface area contributed by atoms with Crippen LogP contribution in [0.4, 0.5) is 10.7 Å². The topological polar surface area (TPSA) is 86.9 Å². The van der Waals surface area contributed by atoms with Gasteiger partial charge in [0.15, 0.2) is 5.00 Å². The van der Waals surface area contributed by atoms with Gasteiger partial charge < -0.3 is 14.9 Å². The van der Waals surface area contributed by atoms with Crippen LogP contribution in [0.1, 0.15) is 31.8 Å². The van der Waals surface area contributed by atoms with Crippen molar-refractivity contribution in [2.45, 2.75) is 32.4 Å². The van der Waals surface area contributed by atoms with Gasteiger partial charge in [0.2, 0.25) is 5.91 Å². The molecule has 0 spiro atoms. The van der Waals surface area contributed by atoms with Gasteiger partial charge in [-0.2, -0.15) is 0 Å². The molecular weight excluding hydrogens is 294 g/mol. The van der Waals surface area contributed by atoms with Crippen LogP contribution in [0.3, 0.4) is 0 Å². The number of aliphatic hydroxyl groups is 1. The van der Waals surface area contributed by atoms with Gasteiger partial charge in [-0.25, -0.2) is 0 Å². The number of anilines is 1. The van der Waals surface area contributed by atoms with Crippen LogP contribution in [0.5, 0.6) is 0 Å². The molecule has 1 N–H and O–H groups in total. The molecule has 0 unspecified atom stereocenters. The Bertz CT molecular complexity index is 582. The van der Waals surface area contributed by atoms with Crippen molar-refractivity contribution in [1.82, 2.24) is 4.90 Å². The number of hydrogen-bond acceptors (Lipinski definition) is 6. The van der Waals surface area contributed by atoms with E-state index in [1.807, 2.05) is 0 Å². The number of piperazine rings is 1. The molecule has 7 nitrogen and oxygen atoms in total. The van der Waals surface area contributed by atoms with Gasteiger partial charge in [0.1, 0.15) is 5.54 Å². The maximum atomic E-state index is 12.3. The number of nitro groups is 1. The van der Waals surface area contributed by atoms with E-state index in [1.54, 1.807) is 37.6 Å². The minimum atomic E-state index is -0.849. The average molecular weight is 313 g/mol. The van der Waals surface area contributed by atoms with Crippen LogP contribution in [0.25, 0.3) is 0 Å². The van der Waals surface area contributed by atoms with Gasteiger partial charge in [0, 0.05) is 31.1 Å². The Labute approximate surface area is 126 Å². The highest BCUT2D eigenvalue weighted by molar-refractivity contribution is 7.16. The predicted molar refractivity (Wildman–Crippen MR) is 80.7 cm³/mol. The summed E-state index contributed by atoms with van der Waals surface area (Å²) in [7, 11) is 1.73. The monoisotopic (exact) mass is 313 g/mol. The molecule has 1 fully saturated rings. The van der Waals surface area contributed by atoms with E-state index in [4.69, 9.17) is 0 Å². The van der Waals surface area contributed by atoms with Crippen molar-refractivity contribution >= 4 is 27.9 Å². The Morgan fingerprint density at radius 2 is 2.10 bits per heavy atom. The zero-order valence-corrected chi connectivity index (χ0v) is 13.3. The summed E-state index contributed by atoms with van der Waals surface area (Å²) >= 11 is 1.17. The van der Waals surface area contributed by atoms with Crippen LogP contribution in [0.2, 0.25) is 0 Å². The molecule has 1 amide bonds. The first kappa shape index (κ1) is 15.7. The second-order valence-electron chi connectivity index (χ2n) is 5.71. The average Bonchev–Trinajstić information content (AvgIpc) is 2.81. The Balaban J connectivity index is 2.50. The molecule has 1 atom stereocenters. The minimum Gasteiger partial charge on any atom is -0.388 e. The molecule has 0 aromatic carbocycles. The molecule has 2 rings (SSSR count). The minimum absolute atomic E-state index is 0.0543. The van der Waals surface area contributed by atoms with Crippen molar-refractivity contribution in [1.29, 1.82) is 0 Å². The highest BCUT2D eigenvalue weighted by Crippen LogP contribution is 2.43. The van der Waals surface area contributed by atoms with Crippen molar-refractivity contribution in [2.75, 3.05) is 25.0 Å². The van der Waals surface area contributed by atoms with E-state index in [0.29, 0.717) is 23.0 Å². The van der Waals surface area contributed by atoms with Crippen molar-refractivity contribution in [3.8, 4) is 0 Å². The van der Waals surface area contributed by atoms with Gasteiger partial charge in [0.05, 0.1) is 11.0 Å². The molecule has 0 saturated carbocycles. The fourth-order valence-electron chi connectivity index (χ4n) is 2.49. The molecule has 8 heteroatoms. The zero-order chi connectivity index (χ0) is 15.9. The van der Waals surface area contributed by atoms with Gasteiger partial charge in [0.25, 0.3) is 0 Å². The van der Waals surface area contributed by atoms with E-state index in [-0.39, 0.29) is 11.6 Å². The summed E-state index contributed by atoms with van der Waals surface area (Å²) in [6.45, 7) is 6.13. The van der Waals surface area contributed by atoms with Crippen molar-refractivity contribution in [2.24, 2.45) is 0 Å². The smallest absolute Gasteiger partial charge is 0.304 e. The highest BCUT2D eigenvalue weighted by atomic mass is 32.1. The molecule has 116 valence electrons. The van der Waals surface area contributed by atoms with Crippen molar-refractivity contribution < 1.29 is 14.8 Å². The molecule has 1 aliphatic rings. The lowest BCUT2D eigenvalue weighted by Gasteiger charge is -2.45. The fraction of sp³-hybridized carbons (Fsp3) is 0.615. The predicted octanol–water partition coefficient (Wildman–Crippen LogP) is 1.77. The maximum absolute atomic E-state index is 12.3. The third kappa shape index (κ3) is 2.60. The lowest BCUT2D eigenvalue weighted by atomic mass is 9.98. The summed E-state index contributed by atoms with van der Waals surface area (Å²) in [6.07, 6.45) is -0.770. The number of amides is 1. The third-order valence-corrected chi connectivity index (χ3v) is 5.09. The van der Waals surface area contributed by atoms with Crippen LogP contribution in [0, 0.1) is 10.1 Å². The Hall–Kier alpha value is -1.67. The first-order chi connectivity index (χ1) is 9.66. The van der Waals surface area contributed by atoms with Crippen molar-refractivity contribution in [3.63, 3.8) is 0 Å². The van der Waals surface area contributed by atoms with Crippen LogP contribution >= 0.6 is 11.3 Å². The molecule has 2 heterocycles. The van der Waals surface area contributed by atoms with Gasteiger partial charge in [-0.15, -0.1) is 11.3 Å². The Kier molecular flexibility index (Phi) is 3.94. The number of nitrogens with zero attached hydrogens (tertiary/aromatic N) is 3. The molecule has 0 bridgehead atoms. The second kappa shape index (κ2) is 5.27. The number of aliphatic hydroxyl groups excluding tert-OH is 1. The number of hydrogen-bond donors (Lipinski definition) is 1. The summed E-state index contributed by atoms with van der Waals surface area (Å²) in [4.78, 5) is 27.1. The second-order valence-corrected chi connectivity index (χ2v) is 6.77. The van der Waals surface area contributed by atoms with E-state index >= 15 is 0 Å². The number of likely N-dealkylation sites (N-methyl/N-ethyl adjacent to an activating group) is 1. The molecule has 21 heavy (non-hydrogen) atoms. The molecule has 1 aliphatic heterocycles. The largest absolute Gasteiger partial charge is 0.388 e. The van der Waals surface area contributed by atoms with E-state index in [2.05, 4.69) is 0 Å². The summed E-state index contributed by atoms with van der Waals surface area (Å²) in [5, 5.41) is 21.4. The molecule has 0 radical (unpaired) electrons.